The predicted molar refractivity (Wildman–Crippen MR) is 116 cm³/mol. The van der Waals surface area contributed by atoms with E-state index in [1.54, 1.807) is 17.5 Å². The molecule has 0 spiro atoms. The van der Waals surface area contributed by atoms with E-state index in [0.717, 1.165) is 38.3 Å². The van der Waals surface area contributed by atoms with Gasteiger partial charge < -0.3 is 15.0 Å². The van der Waals surface area contributed by atoms with E-state index in [2.05, 4.69) is 20.2 Å². The van der Waals surface area contributed by atoms with Crippen molar-refractivity contribution in [3.8, 4) is 5.88 Å². The lowest BCUT2D eigenvalue weighted by Crippen LogP contribution is -2.47. The molecule has 1 unspecified atom stereocenters. The van der Waals surface area contributed by atoms with Crippen LogP contribution in [0.5, 0.6) is 5.88 Å². The van der Waals surface area contributed by atoms with Gasteiger partial charge >= 0.3 is 0 Å². The Bertz CT molecular complexity index is 731. The molecule has 0 bridgehead atoms. The lowest BCUT2D eigenvalue weighted by molar-refractivity contribution is 0.205. The molecule has 8 nitrogen and oxygen atoms in total. The van der Waals surface area contributed by atoms with Crippen LogP contribution in [-0.4, -0.2) is 80.2 Å². The van der Waals surface area contributed by atoms with Gasteiger partial charge in [0.1, 0.15) is 6.10 Å². The van der Waals surface area contributed by atoms with E-state index < -0.39 is 10.0 Å². The Hall–Kier alpha value is -1.14. The Morgan fingerprint density at radius 3 is 2.85 bits per heavy atom. The summed E-state index contributed by atoms with van der Waals surface area (Å²) in [5.41, 5.74) is 0. The minimum atomic E-state index is -3.16. The lowest BCUT2D eigenvalue weighted by atomic mass is 10.2. The van der Waals surface area contributed by atoms with E-state index in [9.17, 15) is 8.42 Å². The third-order valence-corrected chi connectivity index (χ3v) is 6.16. The number of hydrogen-bond acceptors (Lipinski definition) is 5. The average Bonchev–Trinajstić information content (AvgIpc) is 3.26. The fourth-order valence-electron chi connectivity index (χ4n) is 3.60. The largest absolute Gasteiger partial charge is 0.472 e. The van der Waals surface area contributed by atoms with Crippen LogP contribution in [0.2, 0.25) is 0 Å². The molecule has 2 saturated heterocycles. The van der Waals surface area contributed by atoms with Crippen molar-refractivity contribution in [2.24, 2.45) is 4.99 Å². The predicted octanol–water partition coefficient (Wildman–Crippen LogP) is 1.15. The number of likely N-dealkylation sites (tertiary alicyclic amines) is 1. The summed E-state index contributed by atoms with van der Waals surface area (Å²) in [6, 6.07) is 5.62. The molecule has 1 aromatic heterocycles. The number of nitrogens with one attached hydrogen (secondary N) is 1. The highest BCUT2D eigenvalue weighted by Crippen LogP contribution is 2.20. The SMILES string of the molecule is CN=C(NC[C@H]1CCCN1S(C)(=O)=O)N1CCC(Oc2ccccn2)C1.I. The second-order valence-corrected chi connectivity index (χ2v) is 8.68. The summed E-state index contributed by atoms with van der Waals surface area (Å²) in [6.45, 7) is 2.75. The van der Waals surface area contributed by atoms with Crippen molar-refractivity contribution in [3.63, 3.8) is 0 Å². The summed E-state index contributed by atoms with van der Waals surface area (Å²) in [4.78, 5) is 10.7. The first-order chi connectivity index (χ1) is 12.5. The van der Waals surface area contributed by atoms with Gasteiger partial charge in [-0.2, -0.15) is 4.31 Å². The van der Waals surface area contributed by atoms with Gasteiger partial charge in [0.05, 0.1) is 12.8 Å². The summed E-state index contributed by atoms with van der Waals surface area (Å²) in [5.74, 6) is 1.43. The monoisotopic (exact) mass is 509 g/mol. The number of aromatic nitrogens is 1. The molecule has 2 fully saturated rings. The number of pyridine rings is 1. The first-order valence-corrected chi connectivity index (χ1v) is 10.8. The van der Waals surface area contributed by atoms with Gasteiger partial charge in [0, 0.05) is 51.4 Å². The Morgan fingerprint density at radius 1 is 1.37 bits per heavy atom. The maximum Gasteiger partial charge on any atom is 0.213 e. The van der Waals surface area contributed by atoms with Crippen molar-refractivity contribution in [1.82, 2.24) is 19.5 Å². The van der Waals surface area contributed by atoms with Crippen LogP contribution in [0.25, 0.3) is 0 Å². The number of nitrogens with zero attached hydrogens (tertiary/aromatic N) is 4. The zero-order chi connectivity index (χ0) is 18.6. The summed E-state index contributed by atoms with van der Waals surface area (Å²) >= 11 is 0. The zero-order valence-corrected chi connectivity index (χ0v) is 18.9. The molecular weight excluding hydrogens is 481 g/mol. The second kappa shape index (κ2) is 9.87. The van der Waals surface area contributed by atoms with Gasteiger partial charge in [-0.3, -0.25) is 4.99 Å². The number of aliphatic imine (C=N–C) groups is 1. The number of rotatable bonds is 5. The van der Waals surface area contributed by atoms with Crippen molar-refractivity contribution in [2.45, 2.75) is 31.4 Å². The first kappa shape index (κ1) is 22.2. The summed E-state index contributed by atoms with van der Waals surface area (Å²) in [7, 11) is -1.41. The van der Waals surface area contributed by atoms with Crippen LogP contribution in [0.1, 0.15) is 19.3 Å². The lowest BCUT2D eigenvalue weighted by Gasteiger charge is -2.26. The zero-order valence-electron chi connectivity index (χ0n) is 15.7. The van der Waals surface area contributed by atoms with Crippen LogP contribution in [0.3, 0.4) is 0 Å². The van der Waals surface area contributed by atoms with Crippen LogP contribution in [0.4, 0.5) is 0 Å². The minimum Gasteiger partial charge on any atom is -0.472 e. The Labute approximate surface area is 178 Å². The van der Waals surface area contributed by atoms with E-state index in [-0.39, 0.29) is 36.1 Å². The molecule has 1 N–H and O–H groups in total. The number of sulfonamides is 1. The standard InChI is InChI=1S/C17H27N5O3S.HI/c1-18-17(20-12-14-6-5-10-22(14)26(2,23)24)21-11-8-15(13-21)25-16-7-3-4-9-19-16;/h3-4,7,9,14-15H,5-6,8,10-13H2,1-2H3,(H,18,20);1H/t14-,15?;/m1./s1. The van der Waals surface area contributed by atoms with Crippen LogP contribution >= 0.6 is 24.0 Å². The molecule has 3 heterocycles. The molecule has 3 rings (SSSR count). The topological polar surface area (TPSA) is 87.1 Å². The highest BCUT2D eigenvalue weighted by molar-refractivity contribution is 14.0. The van der Waals surface area contributed by atoms with E-state index >= 15 is 0 Å². The third-order valence-electron chi connectivity index (χ3n) is 4.83. The highest BCUT2D eigenvalue weighted by atomic mass is 127. The van der Waals surface area contributed by atoms with Crippen LogP contribution in [-0.2, 0) is 10.0 Å². The highest BCUT2D eigenvalue weighted by Gasteiger charge is 2.32. The molecule has 0 saturated carbocycles. The van der Waals surface area contributed by atoms with Crippen molar-refractivity contribution < 1.29 is 13.2 Å². The fourth-order valence-corrected chi connectivity index (χ4v) is 4.78. The fraction of sp³-hybridized carbons (Fsp3) is 0.647. The number of hydrogen-bond donors (Lipinski definition) is 1. The third kappa shape index (κ3) is 5.92. The molecule has 2 aliphatic heterocycles. The van der Waals surface area contributed by atoms with Gasteiger partial charge in [0.2, 0.25) is 15.9 Å². The van der Waals surface area contributed by atoms with Crippen molar-refractivity contribution >= 4 is 40.0 Å². The minimum absolute atomic E-state index is 0. The van der Waals surface area contributed by atoms with E-state index in [1.165, 1.54) is 6.26 Å². The number of guanidine groups is 1. The van der Waals surface area contributed by atoms with E-state index in [1.807, 2.05) is 18.2 Å². The number of ether oxygens (including phenoxy) is 1. The Morgan fingerprint density at radius 2 is 2.19 bits per heavy atom. The van der Waals surface area contributed by atoms with Gasteiger partial charge in [0.25, 0.3) is 0 Å². The van der Waals surface area contributed by atoms with Crippen LogP contribution in [0, 0.1) is 0 Å². The van der Waals surface area contributed by atoms with Crippen molar-refractivity contribution in [2.75, 3.05) is 39.5 Å². The van der Waals surface area contributed by atoms with Crippen LogP contribution < -0.4 is 10.1 Å². The Balaban J connectivity index is 0.00000261. The molecule has 0 amide bonds. The van der Waals surface area contributed by atoms with Gasteiger partial charge in [-0.25, -0.2) is 13.4 Å². The molecule has 1 aromatic rings. The molecule has 10 heteroatoms. The van der Waals surface area contributed by atoms with Crippen LogP contribution in [0.15, 0.2) is 29.4 Å². The molecule has 27 heavy (non-hydrogen) atoms. The summed E-state index contributed by atoms with van der Waals surface area (Å²) in [6.07, 6.45) is 5.75. The summed E-state index contributed by atoms with van der Waals surface area (Å²) < 4.78 is 31.2. The maximum atomic E-state index is 11.9. The second-order valence-electron chi connectivity index (χ2n) is 6.74. The quantitative estimate of drug-likeness (QED) is 0.364. The molecule has 2 aliphatic rings. The molecule has 0 radical (unpaired) electrons. The van der Waals surface area contributed by atoms with Gasteiger partial charge in [-0.05, 0) is 18.9 Å². The Kier molecular flexibility index (Phi) is 8.10. The maximum absolute atomic E-state index is 11.9. The first-order valence-electron chi connectivity index (χ1n) is 8.97. The van der Waals surface area contributed by atoms with Gasteiger partial charge in [-0.1, -0.05) is 6.07 Å². The normalized spacial score (nSPS) is 23.9. The van der Waals surface area contributed by atoms with Crippen molar-refractivity contribution in [1.29, 1.82) is 0 Å². The molecular formula is C17H28IN5O3S. The molecule has 0 aromatic carbocycles. The molecule has 0 aliphatic carbocycles. The summed E-state index contributed by atoms with van der Waals surface area (Å²) in [5, 5.41) is 3.34. The van der Waals surface area contributed by atoms with E-state index in [0.29, 0.717) is 19.0 Å². The van der Waals surface area contributed by atoms with E-state index in [4.69, 9.17) is 4.74 Å². The smallest absolute Gasteiger partial charge is 0.213 e. The molecule has 2 atom stereocenters. The molecule has 152 valence electrons. The van der Waals surface area contributed by atoms with Gasteiger partial charge in [0.15, 0.2) is 5.96 Å². The van der Waals surface area contributed by atoms with Crippen molar-refractivity contribution in [3.05, 3.63) is 24.4 Å². The average molecular weight is 509 g/mol. The number of halogens is 1. The van der Waals surface area contributed by atoms with Gasteiger partial charge in [-0.15, -0.1) is 24.0 Å².